The molecule has 0 saturated carbocycles. The molecule has 19 heavy (non-hydrogen) atoms. The van der Waals surface area contributed by atoms with Crippen LogP contribution >= 0.6 is 23.2 Å². The molecule has 0 nitrogen and oxygen atoms in total. The average molecular weight is 305 g/mol. The van der Waals surface area contributed by atoms with Gasteiger partial charge in [0.2, 0.25) is 0 Å². The van der Waals surface area contributed by atoms with E-state index in [0.29, 0.717) is 0 Å². The summed E-state index contributed by atoms with van der Waals surface area (Å²) in [5.74, 6) is -2.01. The summed E-state index contributed by atoms with van der Waals surface area (Å²) in [7, 11) is 0. The number of alkyl halides is 1. The largest absolute Gasteiger partial charge is 0.207 e. The van der Waals surface area contributed by atoms with Crippen LogP contribution in [0.25, 0.3) is 0 Å². The van der Waals surface area contributed by atoms with Gasteiger partial charge in [-0.1, -0.05) is 23.7 Å². The van der Waals surface area contributed by atoms with Crippen molar-refractivity contribution in [2.75, 3.05) is 0 Å². The van der Waals surface area contributed by atoms with E-state index in [0.717, 1.165) is 12.1 Å². The van der Waals surface area contributed by atoms with Gasteiger partial charge in [-0.05, 0) is 30.7 Å². The van der Waals surface area contributed by atoms with Gasteiger partial charge in [0, 0.05) is 16.1 Å². The summed E-state index contributed by atoms with van der Waals surface area (Å²) in [6, 6.07) is 7.64. The molecule has 2 aromatic rings. The molecule has 1 atom stereocenters. The van der Waals surface area contributed by atoms with Gasteiger partial charge in [-0.3, -0.25) is 0 Å². The molecule has 2 aromatic carbocycles. The molecule has 0 aliphatic heterocycles. The van der Waals surface area contributed by atoms with E-state index in [1.807, 2.05) is 0 Å². The second-order valence-electron chi connectivity index (χ2n) is 4.01. The van der Waals surface area contributed by atoms with Gasteiger partial charge in [-0.25, -0.2) is 13.2 Å². The Kier molecular flexibility index (Phi) is 4.38. The molecule has 5 heteroatoms. The van der Waals surface area contributed by atoms with Gasteiger partial charge in [0.1, 0.15) is 17.5 Å². The van der Waals surface area contributed by atoms with Crippen LogP contribution in [0.2, 0.25) is 5.02 Å². The first-order valence-corrected chi connectivity index (χ1v) is 6.33. The second kappa shape index (κ2) is 5.85. The lowest BCUT2D eigenvalue weighted by atomic mass is 10.0. The van der Waals surface area contributed by atoms with Crippen LogP contribution in [0.4, 0.5) is 13.2 Å². The van der Waals surface area contributed by atoms with E-state index in [-0.39, 0.29) is 22.6 Å². The van der Waals surface area contributed by atoms with Gasteiger partial charge < -0.3 is 0 Å². The number of benzene rings is 2. The van der Waals surface area contributed by atoms with Crippen molar-refractivity contribution < 1.29 is 13.2 Å². The number of hydrogen-bond donors (Lipinski definition) is 0. The Labute approximate surface area is 118 Å². The van der Waals surface area contributed by atoms with Crippen molar-refractivity contribution in [3.8, 4) is 0 Å². The molecule has 0 bridgehead atoms. The van der Waals surface area contributed by atoms with Gasteiger partial charge >= 0.3 is 0 Å². The zero-order valence-corrected chi connectivity index (χ0v) is 11.2. The molecule has 0 saturated heterocycles. The third-order valence-electron chi connectivity index (χ3n) is 2.76. The molecule has 0 amide bonds. The highest BCUT2D eigenvalue weighted by Crippen LogP contribution is 2.33. The van der Waals surface area contributed by atoms with E-state index in [2.05, 4.69) is 0 Å². The smallest absolute Gasteiger partial charge is 0.129 e. The topological polar surface area (TPSA) is 0 Å². The molecule has 0 aromatic heterocycles. The molecule has 0 aliphatic carbocycles. The normalized spacial score (nSPS) is 12.5. The summed E-state index contributed by atoms with van der Waals surface area (Å²) in [5, 5.41) is -0.808. The summed E-state index contributed by atoms with van der Waals surface area (Å²) in [5.41, 5.74) is -0.129. The quantitative estimate of drug-likeness (QED) is 0.677. The molecule has 1 unspecified atom stereocenters. The van der Waals surface area contributed by atoms with Crippen molar-refractivity contribution in [1.29, 1.82) is 0 Å². The highest BCUT2D eigenvalue weighted by atomic mass is 35.5. The Morgan fingerprint density at radius 2 is 1.42 bits per heavy atom. The molecule has 0 N–H and O–H groups in total. The maximum atomic E-state index is 13.6. The van der Waals surface area contributed by atoms with Gasteiger partial charge in [0.15, 0.2) is 0 Å². The van der Waals surface area contributed by atoms with Crippen LogP contribution in [0.1, 0.15) is 16.5 Å². The zero-order chi connectivity index (χ0) is 14.0. The molecule has 0 heterocycles. The zero-order valence-electron chi connectivity index (χ0n) is 9.64. The van der Waals surface area contributed by atoms with Crippen molar-refractivity contribution in [1.82, 2.24) is 0 Å². The van der Waals surface area contributed by atoms with Crippen LogP contribution in [0.3, 0.4) is 0 Å². The predicted molar refractivity (Wildman–Crippen MR) is 70.1 cm³/mol. The molecule has 2 rings (SSSR count). The molecule has 0 radical (unpaired) electrons. The minimum atomic E-state index is -0.944. The van der Waals surface area contributed by atoms with E-state index in [4.69, 9.17) is 23.2 Å². The Morgan fingerprint density at radius 1 is 0.895 bits per heavy atom. The Morgan fingerprint density at radius 3 is 2.00 bits per heavy atom. The van der Waals surface area contributed by atoms with Crippen molar-refractivity contribution in [3.05, 3.63) is 70.0 Å². The SMILES string of the molecule is Fc1cccc(F)c1CC(Cl)c1c(F)cccc1Cl. The Hall–Kier alpha value is -1.19. The van der Waals surface area contributed by atoms with E-state index < -0.39 is 22.8 Å². The molecular formula is C14H9Cl2F3. The van der Waals surface area contributed by atoms with Gasteiger partial charge in [-0.15, -0.1) is 11.6 Å². The molecule has 0 fully saturated rings. The lowest BCUT2D eigenvalue weighted by Crippen LogP contribution is -2.04. The number of halogens is 5. The lowest BCUT2D eigenvalue weighted by molar-refractivity contribution is 0.548. The van der Waals surface area contributed by atoms with Crippen molar-refractivity contribution >= 4 is 23.2 Å². The minimum Gasteiger partial charge on any atom is -0.207 e. The van der Waals surface area contributed by atoms with E-state index in [1.165, 1.54) is 24.3 Å². The van der Waals surface area contributed by atoms with Gasteiger partial charge in [-0.2, -0.15) is 0 Å². The molecule has 100 valence electrons. The standard InChI is InChI=1S/C14H9Cl2F3/c15-9-3-1-6-13(19)14(9)10(16)7-8-11(17)4-2-5-12(8)18/h1-6,10H,7H2. The highest BCUT2D eigenvalue weighted by molar-refractivity contribution is 6.32. The van der Waals surface area contributed by atoms with Crippen LogP contribution in [0.5, 0.6) is 0 Å². The summed E-state index contributed by atoms with van der Waals surface area (Å²) in [4.78, 5) is 0. The summed E-state index contributed by atoms with van der Waals surface area (Å²) in [6.07, 6.45) is -0.180. The van der Waals surface area contributed by atoms with E-state index in [1.54, 1.807) is 0 Å². The molecule has 0 aliphatic rings. The summed E-state index contributed by atoms with van der Waals surface area (Å²) >= 11 is 11.9. The average Bonchev–Trinajstić information content (AvgIpc) is 2.34. The predicted octanol–water partition coefficient (Wildman–Crippen LogP) is 5.28. The monoisotopic (exact) mass is 304 g/mol. The number of hydrogen-bond acceptors (Lipinski definition) is 0. The third-order valence-corrected chi connectivity index (χ3v) is 3.46. The Balaban J connectivity index is 2.34. The van der Waals surface area contributed by atoms with Gasteiger partial charge in [0.25, 0.3) is 0 Å². The maximum absolute atomic E-state index is 13.6. The fourth-order valence-corrected chi connectivity index (χ4v) is 2.55. The first kappa shape index (κ1) is 14.2. The maximum Gasteiger partial charge on any atom is 0.129 e. The lowest BCUT2D eigenvalue weighted by Gasteiger charge is -2.13. The van der Waals surface area contributed by atoms with E-state index in [9.17, 15) is 13.2 Å². The first-order chi connectivity index (χ1) is 9.00. The third kappa shape index (κ3) is 3.04. The minimum absolute atomic E-state index is 0.0495. The Bertz CT molecular complexity index is 559. The van der Waals surface area contributed by atoms with Crippen molar-refractivity contribution in [3.63, 3.8) is 0 Å². The van der Waals surface area contributed by atoms with Crippen molar-refractivity contribution in [2.24, 2.45) is 0 Å². The van der Waals surface area contributed by atoms with Crippen LogP contribution in [-0.2, 0) is 6.42 Å². The summed E-state index contributed by atoms with van der Waals surface area (Å²) < 4.78 is 40.7. The summed E-state index contributed by atoms with van der Waals surface area (Å²) in [6.45, 7) is 0. The van der Waals surface area contributed by atoms with Crippen LogP contribution in [-0.4, -0.2) is 0 Å². The van der Waals surface area contributed by atoms with Crippen LogP contribution in [0.15, 0.2) is 36.4 Å². The second-order valence-corrected chi connectivity index (χ2v) is 4.94. The highest BCUT2D eigenvalue weighted by Gasteiger charge is 2.20. The van der Waals surface area contributed by atoms with E-state index >= 15 is 0 Å². The van der Waals surface area contributed by atoms with Gasteiger partial charge in [0.05, 0.1) is 5.38 Å². The fraction of sp³-hybridized carbons (Fsp3) is 0.143. The fourth-order valence-electron chi connectivity index (χ4n) is 1.82. The first-order valence-electron chi connectivity index (χ1n) is 5.51. The van der Waals surface area contributed by atoms with Crippen LogP contribution < -0.4 is 0 Å². The van der Waals surface area contributed by atoms with Crippen molar-refractivity contribution in [2.45, 2.75) is 11.8 Å². The van der Waals surface area contributed by atoms with Crippen LogP contribution in [0, 0.1) is 17.5 Å². The molecular weight excluding hydrogens is 296 g/mol. The molecule has 0 spiro atoms. The number of rotatable bonds is 3.